The topological polar surface area (TPSA) is 158 Å². The molecule has 0 spiro atoms. The van der Waals surface area contributed by atoms with Crippen LogP contribution >= 0.6 is 23.2 Å². The Morgan fingerprint density at radius 1 is 1.08 bits per heavy atom. The van der Waals surface area contributed by atoms with E-state index in [4.69, 9.17) is 41.8 Å². The van der Waals surface area contributed by atoms with E-state index in [1.54, 1.807) is 20.8 Å². The fraction of sp³-hybridized carbons (Fsp3) is 0.394. The number of fused-ring (bicyclic) bond motifs is 1. The van der Waals surface area contributed by atoms with Gasteiger partial charge in [0.15, 0.2) is 29.5 Å². The van der Waals surface area contributed by atoms with Crippen LogP contribution in [0.1, 0.15) is 50.8 Å². The minimum Gasteiger partial charge on any atom is -0.489 e. The quantitative estimate of drug-likeness (QED) is 0.141. The molecule has 13 nitrogen and oxygen atoms in total. The van der Waals surface area contributed by atoms with Crippen LogP contribution in [0, 0.1) is 5.92 Å². The number of oxazole rings is 1. The van der Waals surface area contributed by atoms with Crippen molar-refractivity contribution >= 4 is 62.1 Å². The summed E-state index contributed by atoms with van der Waals surface area (Å²) in [6.07, 6.45) is 3.29. The van der Waals surface area contributed by atoms with Crippen molar-refractivity contribution < 1.29 is 55.1 Å². The summed E-state index contributed by atoms with van der Waals surface area (Å²) in [5.74, 6) is -1.80. The number of carbonyl (C=O) groups excluding carboxylic acids is 2. The van der Waals surface area contributed by atoms with E-state index < -0.39 is 52.7 Å². The number of anilines is 1. The van der Waals surface area contributed by atoms with E-state index in [0.717, 1.165) is 29.7 Å². The zero-order valence-electron chi connectivity index (χ0n) is 27.8. The number of esters is 1. The van der Waals surface area contributed by atoms with Crippen LogP contribution in [0.25, 0.3) is 11.1 Å². The Labute approximate surface area is 301 Å². The molecule has 2 aromatic heterocycles. The Hall–Kier alpha value is -4.41. The lowest BCUT2D eigenvalue weighted by molar-refractivity contribution is -0.377. The molecule has 0 aliphatic heterocycles. The Kier molecular flexibility index (Phi) is 11.2. The van der Waals surface area contributed by atoms with Gasteiger partial charge in [0.2, 0.25) is 10.0 Å². The van der Waals surface area contributed by atoms with Crippen LogP contribution < -0.4 is 24.5 Å². The summed E-state index contributed by atoms with van der Waals surface area (Å²) >= 11 is 12.8. The Morgan fingerprint density at radius 3 is 2.37 bits per heavy atom. The normalized spacial score (nSPS) is 14.0. The lowest BCUT2D eigenvalue weighted by Gasteiger charge is -2.25. The van der Waals surface area contributed by atoms with Gasteiger partial charge in [0, 0.05) is 18.1 Å². The van der Waals surface area contributed by atoms with Crippen LogP contribution in [-0.4, -0.2) is 50.1 Å². The van der Waals surface area contributed by atoms with Gasteiger partial charge in [0.1, 0.15) is 28.3 Å². The second-order valence-electron chi connectivity index (χ2n) is 12.8. The second kappa shape index (κ2) is 15.1. The molecule has 4 aromatic rings. The highest BCUT2D eigenvalue weighted by Crippen LogP contribution is 2.38. The number of benzene rings is 2. The molecular weight excluding hydrogens is 739 g/mol. The van der Waals surface area contributed by atoms with Gasteiger partial charge in [0.25, 0.3) is 0 Å². The van der Waals surface area contributed by atoms with Crippen molar-refractivity contribution in [1.82, 2.24) is 4.57 Å². The third-order valence-electron chi connectivity index (χ3n) is 7.45. The molecule has 0 unspecified atom stereocenters. The second-order valence-corrected chi connectivity index (χ2v) is 15.4. The number of nitrogens with zero attached hydrogens (tertiary/aromatic N) is 2. The van der Waals surface area contributed by atoms with Gasteiger partial charge in [-0.05, 0) is 69.4 Å². The monoisotopic (exact) mass is 772 g/mol. The maximum absolute atomic E-state index is 13.5. The summed E-state index contributed by atoms with van der Waals surface area (Å²) in [6.45, 7) is 1.20. The van der Waals surface area contributed by atoms with E-state index in [0.29, 0.717) is 15.4 Å². The smallest absolute Gasteiger partial charge is 0.428 e. The highest BCUT2D eigenvalue weighted by Gasteiger charge is 2.32. The van der Waals surface area contributed by atoms with Gasteiger partial charge in [0.05, 0.1) is 24.1 Å². The van der Waals surface area contributed by atoms with Crippen molar-refractivity contribution in [2.75, 3.05) is 17.2 Å². The number of ether oxygens (including phenoxy) is 4. The summed E-state index contributed by atoms with van der Waals surface area (Å²) in [6, 6.07) is 7.82. The first kappa shape index (κ1) is 37.8. The molecule has 2 aromatic carbocycles. The van der Waals surface area contributed by atoms with Crippen LogP contribution in [-0.2, 0) is 37.3 Å². The van der Waals surface area contributed by atoms with Gasteiger partial charge in [-0.1, -0.05) is 29.3 Å². The predicted octanol–water partition coefficient (Wildman–Crippen LogP) is 6.33. The number of sulfonamides is 1. The first-order valence-electron chi connectivity index (χ1n) is 15.5. The molecular formula is C33H34Cl2F2N3O10S+. The summed E-state index contributed by atoms with van der Waals surface area (Å²) in [7, 11) is -4.19. The number of hydrogen-bond donors (Lipinski definition) is 0. The number of rotatable bonds is 13. The molecule has 0 radical (unpaired) electrons. The average Bonchev–Trinajstić information content (AvgIpc) is 3.79. The molecule has 1 aliphatic carbocycles. The molecule has 18 heteroatoms. The Morgan fingerprint density at radius 2 is 1.76 bits per heavy atom. The van der Waals surface area contributed by atoms with Crippen molar-refractivity contribution in [3.05, 3.63) is 80.5 Å². The van der Waals surface area contributed by atoms with E-state index in [-0.39, 0.29) is 57.3 Å². The van der Waals surface area contributed by atoms with Gasteiger partial charge >= 0.3 is 24.4 Å². The number of carbonyl (C=O) groups is 2. The molecule has 2 heterocycles. The van der Waals surface area contributed by atoms with Gasteiger partial charge in [-0.25, -0.2) is 23.0 Å². The van der Waals surface area contributed by atoms with Crippen LogP contribution in [0.4, 0.5) is 19.3 Å². The number of H-pyrrole nitrogens is 1. The molecule has 274 valence electrons. The fourth-order valence-electron chi connectivity index (χ4n) is 5.00. The van der Waals surface area contributed by atoms with E-state index in [1.165, 1.54) is 42.7 Å². The number of aromatic amines is 1. The maximum Gasteiger partial charge on any atom is 0.428 e. The largest absolute Gasteiger partial charge is 0.489 e. The third-order valence-corrected chi connectivity index (χ3v) is 9.15. The SMILES string of the molecule is CC(C)(C)OC(=O)N(c1ccc2c(c1)oc(=O)n2CC(=O)O[C@@H](Cc1c(Cl)c[nH+]cc1Cl)c1ccc(OC(F)F)c(OCC2CC2)c1)S(C)(=O)=O. The zero-order valence-corrected chi connectivity index (χ0v) is 30.1. The molecule has 1 N–H and O–H groups in total. The number of nitrogens with one attached hydrogen (secondary N) is 1. The lowest BCUT2D eigenvalue weighted by Crippen LogP contribution is -2.40. The van der Waals surface area contributed by atoms with Crippen molar-refractivity contribution in [3.8, 4) is 11.5 Å². The highest BCUT2D eigenvalue weighted by atomic mass is 35.5. The zero-order chi connectivity index (χ0) is 37.2. The maximum atomic E-state index is 13.5. The van der Waals surface area contributed by atoms with Gasteiger partial charge in [-0.15, -0.1) is 0 Å². The van der Waals surface area contributed by atoms with E-state index in [9.17, 15) is 31.6 Å². The van der Waals surface area contributed by atoms with Crippen LogP contribution in [0.3, 0.4) is 0 Å². The van der Waals surface area contributed by atoms with Crippen molar-refractivity contribution in [1.29, 1.82) is 0 Å². The van der Waals surface area contributed by atoms with Crippen molar-refractivity contribution in [2.45, 2.75) is 64.9 Å². The number of aromatic nitrogens is 2. The van der Waals surface area contributed by atoms with E-state index in [1.807, 2.05) is 0 Å². The van der Waals surface area contributed by atoms with Gasteiger partial charge in [-0.3, -0.25) is 9.36 Å². The predicted molar refractivity (Wildman–Crippen MR) is 181 cm³/mol. The Balaban J connectivity index is 1.45. The van der Waals surface area contributed by atoms with Crippen LogP contribution in [0.15, 0.2) is 58.0 Å². The number of amides is 1. The molecule has 1 fully saturated rings. The Bertz CT molecular complexity index is 2090. The third kappa shape index (κ3) is 9.68. The summed E-state index contributed by atoms with van der Waals surface area (Å²) in [4.78, 5) is 42.0. The van der Waals surface area contributed by atoms with Crippen LogP contribution in [0.2, 0.25) is 10.0 Å². The van der Waals surface area contributed by atoms with E-state index in [2.05, 4.69) is 9.72 Å². The van der Waals surface area contributed by atoms with Crippen LogP contribution in [0.5, 0.6) is 11.5 Å². The standard InChI is InChI=1S/C33H33Cl2F2N3O10S/c1-33(2,3)50-32(43)40(51(4,44)45)20-8-9-24-27(12-20)49-31(42)39(24)16-29(41)47-26(13-21-22(34)14-38-15-23(21)35)19-7-10-25(48-30(36)37)28(11-19)46-17-18-5-6-18/h7-12,14-15,18,26,30H,5-6,13,16-17H2,1-4H3/p+1/t26-/m0/s1. The highest BCUT2D eigenvalue weighted by molar-refractivity contribution is 7.92. The number of pyridine rings is 1. The average molecular weight is 774 g/mol. The molecule has 1 aliphatic rings. The molecule has 5 rings (SSSR count). The molecule has 51 heavy (non-hydrogen) atoms. The molecule has 0 saturated heterocycles. The fourth-order valence-corrected chi connectivity index (χ4v) is 6.34. The minimum atomic E-state index is -4.19. The first-order chi connectivity index (χ1) is 23.9. The summed E-state index contributed by atoms with van der Waals surface area (Å²) in [5.41, 5.74) is -0.500. The number of hydrogen-bond acceptors (Lipinski definition) is 10. The van der Waals surface area contributed by atoms with E-state index >= 15 is 0 Å². The van der Waals surface area contributed by atoms with Gasteiger partial charge in [-0.2, -0.15) is 13.1 Å². The summed E-state index contributed by atoms with van der Waals surface area (Å²) < 4.78 is 79.7. The molecule has 1 saturated carbocycles. The molecule has 1 amide bonds. The lowest BCUT2D eigenvalue weighted by atomic mass is 10.0. The van der Waals surface area contributed by atoms with Crippen molar-refractivity contribution in [3.63, 3.8) is 0 Å². The molecule has 0 bridgehead atoms. The molecule has 1 atom stereocenters. The number of halogens is 4. The first-order valence-corrected chi connectivity index (χ1v) is 18.1. The van der Waals surface area contributed by atoms with Crippen molar-refractivity contribution in [2.24, 2.45) is 5.92 Å². The minimum absolute atomic E-state index is 0.0155. The summed E-state index contributed by atoms with van der Waals surface area (Å²) in [5, 5.41) is 0.461. The van der Waals surface area contributed by atoms with Gasteiger partial charge < -0.3 is 23.4 Å². The number of alkyl halides is 2.